The fraction of sp³-hybridized carbons (Fsp3) is 0.900. The number of rotatable bonds is 3. The van der Waals surface area contributed by atoms with Crippen molar-refractivity contribution in [2.45, 2.75) is 25.2 Å². The molecule has 2 aliphatic rings. The first-order valence-electron chi connectivity index (χ1n) is 5.10. The van der Waals surface area contributed by atoms with Crippen molar-refractivity contribution in [2.75, 3.05) is 19.6 Å². The molecule has 1 heterocycles. The Kier molecular flexibility index (Phi) is 2.44. The Morgan fingerprint density at radius 3 is 2.64 bits per heavy atom. The molecule has 1 saturated carbocycles. The SMILES string of the molecule is N#CC(CN1CCC(F)(F)C1)C1CC1. The molecule has 0 radical (unpaired) electrons. The summed E-state index contributed by atoms with van der Waals surface area (Å²) in [6.45, 7) is 0.826. The van der Waals surface area contributed by atoms with Crippen molar-refractivity contribution >= 4 is 0 Å². The van der Waals surface area contributed by atoms with Gasteiger partial charge in [-0.15, -0.1) is 0 Å². The lowest BCUT2D eigenvalue weighted by Gasteiger charge is -2.18. The van der Waals surface area contributed by atoms with Crippen molar-refractivity contribution < 1.29 is 8.78 Å². The number of nitriles is 1. The summed E-state index contributed by atoms with van der Waals surface area (Å²) >= 11 is 0. The van der Waals surface area contributed by atoms with Crippen molar-refractivity contribution in [2.24, 2.45) is 11.8 Å². The molecule has 1 saturated heterocycles. The molecule has 0 spiro atoms. The van der Waals surface area contributed by atoms with Crippen LogP contribution < -0.4 is 0 Å². The van der Waals surface area contributed by atoms with Gasteiger partial charge in [0.15, 0.2) is 0 Å². The smallest absolute Gasteiger partial charge is 0.261 e. The maximum atomic E-state index is 12.8. The van der Waals surface area contributed by atoms with Crippen LogP contribution in [0.1, 0.15) is 19.3 Å². The van der Waals surface area contributed by atoms with Crippen LogP contribution in [-0.4, -0.2) is 30.5 Å². The van der Waals surface area contributed by atoms with Crippen molar-refractivity contribution in [3.05, 3.63) is 0 Å². The molecule has 0 bridgehead atoms. The molecule has 78 valence electrons. The molecule has 2 fully saturated rings. The van der Waals surface area contributed by atoms with Gasteiger partial charge >= 0.3 is 0 Å². The van der Waals surface area contributed by atoms with Crippen molar-refractivity contribution in [3.63, 3.8) is 0 Å². The number of halogens is 2. The van der Waals surface area contributed by atoms with E-state index in [9.17, 15) is 8.78 Å². The Labute approximate surface area is 82.5 Å². The molecule has 1 unspecified atom stereocenters. The van der Waals surface area contributed by atoms with Gasteiger partial charge in [-0.1, -0.05) is 0 Å². The fourth-order valence-corrected chi connectivity index (χ4v) is 2.03. The summed E-state index contributed by atoms with van der Waals surface area (Å²) in [6, 6.07) is 2.23. The Balaban J connectivity index is 1.83. The standard InChI is InChI=1S/C10H14F2N2/c11-10(12)3-4-14(7-10)6-9(5-13)8-1-2-8/h8-9H,1-4,6-7H2. The molecule has 0 N–H and O–H groups in total. The molecular weight excluding hydrogens is 186 g/mol. The molecule has 2 nitrogen and oxygen atoms in total. The Hall–Kier alpha value is -0.690. The van der Waals surface area contributed by atoms with E-state index in [1.165, 1.54) is 0 Å². The third-order valence-corrected chi connectivity index (χ3v) is 3.06. The van der Waals surface area contributed by atoms with Crippen LogP contribution in [0.2, 0.25) is 0 Å². The van der Waals surface area contributed by atoms with Gasteiger partial charge in [-0.3, -0.25) is 4.90 Å². The first kappa shape index (κ1) is 9.85. The predicted octanol–water partition coefficient (Wildman–Crippen LogP) is 1.88. The van der Waals surface area contributed by atoms with Gasteiger partial charge in [0.25, 0.3) is 5.92 Å². The Morgan fingerprint density at radius 1 is 1.50 bits per heavy atom. The largest absolute Gasteiger partial charge is 0.296 e. The topological polar surface area (TPSA) is 27.0 Å². The van der Waals surface area contributed by atoms with E-state index >= 15 is 0 Å². The molecule has 14 heavy (non-hydrogen) atoms. The summed E-state index contributed by atoms with van der Waals surface area (Å²) in [5.41, 5.74) is 0. The van der Waals surface area contributed by atoms with E-state index < -0.39 is 5.92 Å². The zero-order chi connectivity index (χ0) is 10.2. The zero-order valence-electron chi connectivity index (χ0n) is 8.05. The third kappa shape index (κ3) is 2.21. The van der Waals surface area contributed by atoms with Crippen LogP contribution >= 0.6 is 0 Å². The highest BCUT2D eigenvalue weighted by Crippen LogP contribution is 2.38. The quantitative estimate of drug-likeness (QED) is 0.695. The van der Waals surface area contributed by atoms with Gasteiger partial charge in [-0.05, 0) is 18.8 Å². The van der Waals surface area contributed by atoms with Crippen LogP contribution in [0, 0.1) is 23.2 Å². The monoisotopic (exact) mass is 200 g/mol. The number of hydrogen-bond acceptors (Lipinski definition) is 2. The lowest BCUT2D eigenvalue weighted by atomic mass is 10.1. The van der Waals surface area contributed by atoms with E-state index in [1.54, 1.807) is 4.90 Å². The van der Waals surface area contributed by atoms with Crippen LogP contribution in [0.5, 0.6) is 0 Å². The lowest BCUT2D eigenvalue weighted by Crippen LogP contribution is -2.30. The second-order valence-electron chi connectivity index (χ2n) is 4.41. The van der Waals surface area contributed by atoms with Gasteiger partial charge in [0.2, 0.25) is 0 Å². The summed E-state index contributed by atoms with van der Waals surface area (Å²) in [5.74, 6) is -2.07. The van der Waals surface area contributed by atoms with E-state index in [-0.39, 0.29) is 18.9 Å². The molecule has 0 aromatic carbocycles. The summed E-state index contributed by atoms with van der Waals surface area (Å²) in [6.07, 6.45) is 2.15. The van der Waals surface area contributed by atoms with Crippen LogP contribution in [-0.2, 0) is 0 Å². The van der Waals surface area contributed by atoms with Crippen LogP contribution in [0.15, 0.2) is 0 Å². The normalized spacial score (nSPS) is 28.6. The minimum atomic E-state index is -2.52. The van der Waals surface area contributed by atoms with E-state index in [1.807, 2.05) is 0 Å². The van der Waals surface area contributed by atoms with Gasteiger partial charge in [-0.2, -0.15) is 5.26 Å². The highest BCUT2D eigenvalue weighted by molar-refractivity contribution is 4.97. The highest BCUT2D eigenvalue weighted by Gasteiger charge is 2.40. The van der Waals surface area contributed by atoms with E-state index in [2.05, 4.69) is 6.07 Å². The molecule has 1 aliphatic carbocycles. The molecule has 1 aliphatic heterocycles. The van der Waals surface area contributed by atoms with E-state index in [0.717, 1.165) is 12.8 Å². The fourth-order valence-electron chi connectivity index (χ4n) is 2.03. The molecule has 0 aromatic rings. The maximum Gasteiger partial charge on any atom is 0.261 e. The number of nitrogens with zero attached hydrogens (tertiary/aromatic N) is 2. The number of alkyl halides is 2. The predicted molar refractivity (Wildman–Crippen MR) is 47.8 cm³/mol. The zero-order valence-corrected chi connectivity index (χ0v) is 8.05. The molecule has 4 heteroatoms. The first-order chi connectivity index (χ1) is 6.61. The summed E-state index contributed by atoms with van der Waals surface area (Å²) in [5, 5.41) is 8.86. The average molecular weight is 200 g/mol. The van der Waals surface area contributed by atoms with E-state index in [4.69, 9.17) is 5.26 Å². The molecule has 1 atom stereocenters. The Morgan fingerprint density at radius 2 is 2.21 bits per heavy atom. The summed E-state index contributed by atoms with van der Waals surface area (Å²) in [4.78, 5) is 1.73. The van der Waals surface area contributed by atoms with Crippen molar-refractivity contribution in [3.8, 4) is 6.07 Å². The molecule has 0 aromatic heterocycles. The maximum absolute atomic E-state index is 12.8. The molecule has 2 rings (SSSR count). The third-order valence-electron chi connectivity index (χ3n) is 3.06. The number of hydrogen-bond donors (Lipinski definition) is 0. The average Bonchev–Trinajstić information content (AvgIpc) is 2.88. The molecule has 0 amide bonds. The minimum Gasteiger partial charge on any atom is -0.296 e. The van der Waals surface area contributed by atoms with E-state index in [0.29, 0.717) is 19.0 Å². The Bertz CT molecular complexity index is 255. The van der Waals surface area contributed by atoms with Gasteiger partial charge in [-0.25, -0.2) is 8.78 Å². The van der Waals surface area contributed by atoms with Crippen molar-refractivity contribution in [1.82, 2.24) is 4.90 Å². The van der Waals surface area contributed by atoms with Gasteiger partial charge < -0.3 is 0 Å². The van der Waals surface area contributed by atoms with Gasteiger partial charge in [0.05, 0.1) is 18.5 Å². The second kappa shape index (κ2) is 3.47. The highest BCUT2D eigenvalue weighted by atomic mass is 19.3. The van der Waals surface area contributed by atoms with Crippen molar-refractivity contribution in [1.29, 1.82) is 5.26 Å². The minimum absolute atomic E-state index is 0.0242. The van der Waals surface area contributed by atoms with Crippen LogP contribution in [0.3, 0.4) is 0 Å². The van der Waals surface area contributed by atoms with Crippen LogP contribution in [0.25, 0.3) is 0 Å². The number of likely N-dealkylation sites (tertiary alicyclic amines) is 1. The second-order valence-corrected chi connectivity index (χ2v) is 4.41. The lowest BCUT2D eigenvalue weighted by molar-refractivity contribution is 0.0112. The summed E-state index contributed by atoms with van der Waals surface area (Å²) < 4.78 is 25.7. The van der Waals surface area contributed by atoms with Gasteiger partial charge in [0, 0.05) is 19.5 Å². The molecular formula is C10H14F2N2. The van der Waals surface area contributed by atoms with Crippen LogP contribution in [0.4, 0.5) is 8.78 Å². The summed E-state index contributed by atoms with van der Waals surface area (Å²) in [7, 11) is 0. The van der Waals surface area contributed by atoms with Gasteiger partial charge in [0.1, 0.15) is 0 Å². The first-order valence-corrected chi connectivity index (χ1v) is 5.10.